The molecule has 0 saturated carbocycles. The molecule has 32 heavy (non-hydrogen) atoms. The molecule has 0 aliphatic carbocycles. The van der Waals surface area contributed by atoms with Crippen molar-refractivity contribution in [3.63, 3.8) is 0 Å². The topological polar surface area (TPSA) is 59.8 Å². The summed E-state index contributed by atoms with van der Waals surface area (Å²) < 4.78 is 52.6. The molecule has 4 rings (SSSR count). The Bertz CT molecular complexity index is 1070. The molecule has 0 amide bonds. The van der Waals surface area contributed by atoms with E-state index in [0.717, 1.165) is 16.2 Å². The lowest BCUT2D eigenvalue weighted by atomic mass is 9.91. The zero-order valence-corrected chi connectivity index (χ0v) is 18.0. The van der Waals surface area contributed by atoms with Crippen LogP contribution in [0.4, 0.5) is 13.2 Å². The number of benzene rings is 1. The van der Waals surface area contributed by atoms with Crippen molar-refractivity contribution in [3.8, 4) is 11.5 Å². The summed E-state index contributed by atoms with van der Waals surface area (Å²) in [5.41, 5.74) is -0.789. The number of alkyl halides is 3. The highest BCUT2D eigenvalue weighted by Gasteiger charge is 2.39. The van der Waals surface area contributed by atoms with Crippen molar-refractivity contribution in [3.05, 3.63) is 53.9 Å². The van der Waals surface area contributed by atoms with E-state index in [4.69, 9.17) is 9.47 Å². The van der Waals surface area contributed by atoms with Crippen LogP contribution < -0.4 is 9.47 Å². The number of aromatic nitrogens is 2. The van der Waals surface area contributed by atoms with Crippen LogP contribution in [0.3, 0.4) is 0 Å². The molecule has 0 spiro atoms. The minimum absolute atomic E-state index is 0.150. The number of aliphatic hydroxyl groups is 1. The van der Waals surface area contributed by atoms with Gasteiger partial charge < -0.3 is 19.1 Å². The fourth-order valence-corrected chi connectivity index (χ4v) is 4.28. The predicted molar refractivity (Wildman–Crippen MR) is 114 cm³/mol. The highest BCUT2D eigenvalue weighted by molar-refractivity contribution is 5.77. The van der Waals surface area contributed by atoms with Crippen LogP contribution in [-0.2, 0) is 19.3 Å². The minimum Gasteiger partial charge on any atom is -0.497 e. The zero-order chi connectivity index (χ0) is 22.9. The lowest BCUT2D eigenvalue weighted by molar-refractivity contribution is -0.145. The van der Waals surface area contributed by atoms with E-state index in [9.17, 15) is 18.3 Å². The lowest BCUT2D eigenvalue weighted by Crippen LogP contribution is -2.46. The number of rotatable bonds is 6. The van der Waals surface area contributed by atoms with Gasteiger partial charge in [-0.2, -0.15) is 13.2 Å². The Balaban J connectivity index is 1.49. The SMILES string of the molecule is COc1cc(CN2CCC(O)(Cn3c(C(F)(F)F)cc4cccnc43)CC2)cc(OC)c1. The van der Waals surface area contributed by atoms with Gasteiger partial charge in [-0.05, 0) is 48.7 Å². The molecule has 1 aliphatic heterocycles. The number of hydrogen-bond acceptors (Lipinski definition) is 5. The summed E-state index contributed by atoms with van der Waals surface area (Å²) in [5.74, 6) is 1.39. The highest BCUT2D eigenvalue weighted by Crippen LogP contribution is 2.36. The van der Waals surface area contributed by atoms with E-state index in [-0.39, 0.29) is 12.2 Å². The first-order valence-corrected chi connectivity index (χ1v) is 10.4. The molecule has 3 aromatic rings. The van der Waals surface area contributed by atoms with Gasteiger partial charge in [0.1, 0.15) is 22.8 Å². The van der Waals surface area contributed by atoms with Gasteiger partial charge in [-0.15, -0.1) is 0 Å². The van der Waals surface area contributed by atoms with Crippen LogP contribution >= 0.6 is 0 Å². The van der Waals surface area contributed by atoms with Crippen molar-refractivity contribution in [2.24, 2.45) is 0 Å². The fraction of sp³-hybridized carbons (Fsp3) is 0.435. The molecule has 0 atom stereocenters. The molecule has 1 N–H and O–H groups in total. The third-order valence-electron chi connectivity index (χ3n) is 6.00. The van der Waals surface area contributed by atoms with E-state index in [1.54, 1.807) is 32.4 Å². The summed E-state index contributed by atoms with van der Waals surface area (Å²) in [7, 11) is 3.18. The second-order valence-corrected chi connectivity index (χ2v) is 8.25. The van der Waals surface area contributed by atoms with E-state index in [1.807, 2.05) is 12.1 Å². The first kappa shape index (κ1) is 22.4. The summed E-state index contributed by atoms with van der Waals surface area (Å²) in [5, 5.41) is 11.6. The smallest absolute Gasteiger partial charge is 0.431 e. The van der Waals surface area contributed by atoms with Crippen LogP contribution in [0.25, 0.3) is 11.0 Å². The van der Waals surface area contributed by atoms with Crippen LogP contribution in [-0.4, -0.2) is 52.5 Å². The molecule has 1 aromatic carbocycles. The number of halogens is 3. The number of nitrogens with zero attached hydrogens (tertiary/aromatic N) is 3. The molecule has 0 bridgehead atoms. The number of ether oxygens (including phenoxy) is 2. The molecule has 1 saturated heterocycles. The zero-order valence-electron chi connectivity index (χ0n) is 18.0. The molecule has 3 heterocycles. The van der Waals surface area contributed by atoms with Crippen LogP contribution in [0.15, 0.2) is 42.6 Å². The Morgan fingerprint density at radius 3 is 2.31 bits per heavy atom. The number of piperidine rings is 1. The van der Waals surface area contributed by atoms with E-state index in [2.05, 4.69) is 9.88 Å². The average molecular weight is 449 g/mol. The Kier molecular flexibility index (Phi) is 6.05. The third kappa shape index (κ3) is 4.68. The summed E-state index contributed by atoms with van der Waals surface area (Å²) in [6, 6.07) is 9.95. The molecule has 1 aliphatic rings. The van der Waals surface area contributed by atoms with E-state index >= 15 is 0 Å². The van der Waals surface area contributed by atoms with E-state index < -0.39 is 17.5 Å². The van der Waals surface area contributed by atoms with Gasteiger partial charge >= 0.3 is 6.18 Å². The highest BCUT2D eigenvalue weighted by atomic mass is 19.4. The van der Waals surface area contributed by atoms with Gasteiger partial charge in [0, 0.05) is 37.3 Å². The molecule has 2 aromatic heterocycles. The Hall–Kier alpha value is -2.78. The number of methoxy groups -OCH3 is 2. The van der Waals surface area contributed by atoms with Crippen molar-refractivity contribution >= 4 is 11.0 Å². The normalized spacial score (nSPS) is 16.9. The lowest BCUT2D eigenvalue weighted by Gasteiger charge is -2.39. The first-order chi connectivity index (χ1) is 15.2. The molecule has 172 valence electrons. The second-order valence-electron chi connectivity index (χ2n) is 8.25. The number of likely N-dealkylation sites (tertiary alicyclic amines) is 1. The van der Waals surface area contributed by atoms with Crippen molar-refractivity contribution in [1.82, 2.24) is 14.5 Å². The van der Waals surface area contributed by atoms with Crippen LogP contribution in [0.1, 0.15) is 24.1 Å². The average Bonchev–Trinajstić information content (AvgIpc) is 3.14. The Morgan fingerprint density at radius 2 is 1.72 bits per heavy atom. The van der Waals surface area contributed by atoms with Gasteiger partial charge in [0.25, 0.3) is 0 Å². The summed E-state index contributed by atoms with van der Waals surface area (Å²) >= 11 is 0. The quantitative estimate of drug-likeness (QED) is 0.614. The number of pyridine rings is 1. The summed E-state index contributed by atoms with van der Waals surface area (Å²) in [4.78, 5) is 6.30. The first-order valence-electron chi connectivity index (χ1n) is 10.4. The van der Waals surface area contributed by atoms with Crippen molar-refractivity contribution in [2.75, 3.05) is 27.3 Å². The van der Waals surface area contributed by atoms with E-state index in [0.29, 0.717) is 49.4 Å². The maximum atomic E-state index is 13.6. The fourth-order valence-electron chi connectivity index (χ4n) is 4.28. The number of hydrogen-bond donors (Lipinski definition) is 1. The summed E-state index contributed by atoms with van der Waals surface area (Å²) in [6.07, 6.45) is -2.34. The van der Waals surface area contributed by atoms with Gasteiger partial charge in [-0.3, -0.25) is 4.90 Å². The molecular weight excluding hydrogens is 423 g/mol. The van der Waals surface area contributed by atoms with Crippen LogP contribution in [0.2, 0.25) is 0 Å². The minimum atomic E-state index is -4.52. The van der Waals surface area contributed by atoms with Crippen molar-refractivity contribution in [2.45, 2.75) is 37.7 Å². The second kappa shape index (κ2) is 8.63. The standard InChI is InChI=1S/C23H26F3N3O3/c1-31-18-10-16(11-19(13-18)32-2)14-28-8-5-22(30,6-9-28)15-29-20(23(24,25)26)12-17-4-3-7-27-21(17)29/h3-4,7,10-13,30H,5-6,8-9,14-15H2,1-2H3. The van der Waals surface area contributed by atoms with Gasteiger partial charge in [0.2, 0.25) is 0 Å². The molecule has 6 nitrogen and oxygen atoms in total. The molecule has 9 heteroatoms. The van der Waals surface area contributed by atoms with Gasteiger partial charge in [0.05, 0.1) is 26.4 Å². The predicted octanol–water partition coefficient (Wildman–Crippen LogP) is 4.10. The number of fused-ring (bicyclic) bond motifs is 1. The van der Waals surface area contributed by atoms with Gasteiger partial charge in [0.15, 0.2) is 0 Å². The van der Waals surface area contributed by atoms with Gasteiger partial charge in [-0.1, -0.05) is 0 Å². The van der Waals surface area contributed by atoms with Crippen LogP contribution in [0.5, 0.6) is 11.5 Å². The van der Waals surface area contributed by atoms with Crippen molar-refractivity contribution < 1.29 is 27.8 Å². The van der Waals surface area contributed by atoms with Crippen molar-refractivity contribution in [1.29, 1.82) is 0 Å². The monoisotopic (exact) mass is 449 g/mol. The Morgan fingerprint density at radius 1 is 1.06 bits per heavy atom. The molecular formula is C23H26F3N3O3. The molecule has 0 radical (unpaired) electrons. The molecule has 1 fully saturated rings. The van der Waals surface area contributed by atoms with E-state index in [1.165, 1.54) is 6.20 Å². The largest absolute Gasteiger partial charge is 0.497 e. The van der Waals surface area contributed by atoms with Gasteiger partial charge in [-0.25, -0.2) is 4.98 Å². The Labute approximate surface area is 184 Å². The van der Waals surface area contributed by atoms with Crippen LogP contribution in [0, 0.1) is 0 Å². The summed E-state index contributed by atoms with van der Waals surface area (Å²) in [6.45, 7) is 1.60. The maximum absolute atomic E-state index is 13.6. The third-order valence-corrected chi connectivity index (χ3v) is 6.00. The molecule has 0 unspecified atom stereocenters. The maximum Gasteiger partial charge on any atom is 0.431 e.